The summed E-state index contributed by atoms with van der Waals surface area (Å²) in [6.45, 7) is 1.87. The fraction of sp³-hybridized carbons (Fsp3) is 0.368. The summed E-state index contributed by atoms with van der Waals surface area (Å²) in [6, 6.07) is 1.38. The fourth-order valence-electron chi connectivity index (χ4n) is 3.68. The molecule has 8 nitrogen and oxygen atoms in total. The molecule has 3 aromatic rings. The lowest BCUT2D eigenvalue weighted by Gasteiger charge is -2.31. The average molecular weight is 418 g/mol. The van der Waals surface area contributed by atoms with Gasteiger partial charge in [-0.05, 0) is 31.2 Å². The number of primary amides is 1. The first-order valence-corrected chi connectivity index (χ1v) is 9.83. The van der Waals surface area contributed by atoms with Crippen LogP contribution in [0.3, 0.4) is 0 Å². The van der Waals surface area contributed by atoms with Crippen molar-refractivity contribution < 1.29 is 9.18 Å². The smallest absolute Gasteiger partial charge is 0.314 e. The van der Waals surface area contributed by atoms with Gasteiger partial charge in [0.25, 0.3) is 0 Å². The maximum absolute atomic E-state index is 14.2. The van der Waals surface area contributed by atoms with Gasteiger partial charge in [0.1, 0.15) is 5.65 Å². The molecule has 29 heavy (non-hydrogen) atoms. The number of nitrogens with one attached hydrogen (secondary N) is 2. The molecule has 1 atom stereocenters. The van der Waals surface area contributed by atoms with Gasteiger partial charge >= 0.3 is 6.03 Å². The van der Waals surface area contributed by atoms with Crippen molar-refractivity contribution >= 4 is 34.5 Å². The highest BCUT2D eigenvalue weighted by Gasteiger charge is 2.22. The lowest BCUT2D eigenvalue weighted by Crippen LogP contribution is -2.43. The molecule has 4 heterocycles. The average Bonchev–Trinajstić information content (AvgIpc) is 3.12. The van der Waals surface area contributed by atoms with E-state index < -0.39 is 5.82 Å². The molecule has 10 heteroatoms. The van der Waals surface area contributed by atoms with Crippen LogP contribution >= 0.6 is 11.6 Å². The third-order valence-electron chi connectivity index (χ3n) is 5.16. The highest BCUT2D eigenvalue weighted by atomic mass is 35.5. The van der Waals surface area contributed by atoms with Crippen molar-refractivity contribution in [2.45, 2.75) is 19.3 Å². The Bertz CT molecular complexity index is 1040. The van der Waals surface area contributed by atoms with Gasteiger partial charge in [0.15, 0.2) is 17.5 Å². The molecule has 1 unspecified atom stereocenters. The number of hydrogen-bond acceptors (Lipinski definition) is 5. The second kappa shape index (κ2) is 8.20. The number of likely N-dealkylation sites (tertiary alicyclic amines) is 1. The van der Waals surface area contributed by atoms with Gasteiger partial charge in [-0.3, -0.25) is 0 Å². The number of urea groups is 1. The van der Waals surface area contributed by atoms with Gasteiger partial charge in [-0.1, -0.05) is 11.6 Å². The van der Waals surface area contributed by atoms with Gasteiger partial charge in [0.05, 0.1) is 11.2 Å². The number of carbonyl (C=O) groups is 1. The second-order valence-electron chi connectivity index (χ2n) is 7.15. The van der Waals surface area contributed by atoms with Crippen LogP contribution in [0.2, 0.25) is 5.02 Å². The Kier molecular flexibility index (Phi) is 5.48. The van der Waals surface area contributed by atoms with Crippen molar-refractivity contribution in [3.8, 4) is 11.4 Å². The van der Waals surface area contributed by atoms with Crippen LogP contribution < -0.4 is 11.1 Å². The number of piperidine rings is 1. The molecule has 1 aliphatic rings. The van der Waals surface area contributed by atoms with Crippen molar-refractivity contribution in [2.75, 3.05) is 25.0 Å². The molecule has 0 radical (unpaired) electrons. The molecular formula is C19H21ClFN7O. The van der Waals surface area contributed by atoms with Crippen LogP contribution in [-0.2, 0) is 0 Å². The minimum atomic E-state index is -0.521. The molecule has 0 aromatic carbocycles. The summed E-state index contributed by atoms with van der Waals surface area (Å²) in [5.41, 5.74) is 6.72. The molecule has 3 aromatic heterocycles. The summed E-state index contributed by atoms with van der Waals surface area (Å²) in [6.07, 6.45) is 7.16. The van der Waals surface area contributed by atoms with Crippen LogP contribution in [0, 0.1) is 11.7 Å². The predicted molar refractivity (Wildman–Crippen MR) is 109 cm³/mol. The lowest BCUT2D eigenvalue weighted by atomic mass is 9.95. The SMILES string of the molecule is NC(=O)N1CCCC(CCNc2nc(-c3c[nH]c4ncc(Cl)cc34)ncc2F)C1. The zero-order valence-corrected chi connectivity index (χ0v) is 16.4. The highest BCUT2D eigenvalue weighted by Crippen LogP contribution is 2.28. The molecule has 0 bridgehead atoms. The molecule has 4 rings (SSSR count). The van der Waals surface area contributed by atoms with Gasteiger partial charge in [0.2, 0.25) is 0 Å². The third kappa shape index (κ3) is 4.24. The van der Waals surface area contributed by atoms with Crippen LogP contribution in [0.15, 0.2) is 24.7 Å². The number of H-pyrrole nitrogens is 1. The van der Waals surface area contributed by atoms with Gasteiger partial charge in [-0.15, -0.1) is 0 Å². The Morgan fingerprint density at radius 2 is 2.28 bits per heavy atom. The Morgan fingerprint density at radius 3 is 3.10 bits per heavy atom. The number of fused-ring (bicyclic) bond motifs is 1. The molecule has 0 aliphatic carbocycles. The number of carbonyl (C=O) groups excluding carboxylic acids is 1. The summed E-state index contributed by atoms with van der Waals surface area (Å²) in [5.74, 6) is 0.325. The summed E-state index contributed by atoms with van der Waals surface area (Å²) >= 11 is 6.04. The van der Waals surface area contributed by atoms with E-state index in [2.05, 4.69) is 25.3 Å². The summed E-state index contributed by atoms with van der Waals surface area (Å²) in [4.78, 5) is 28.7. The monoisotopic (exact) mass is 417 g/mol. The zero-order valence-electron chi connectivity index (χ0n) is 15.7. The summed E-state index contributed by atoms with van der Waals surface area (Å²) in [5, 5.41) is 4.32. The summed E-state index contributed by atoms with van der Waals surface area (Å²) in [7, 11) is 0. The number of rotatable bonds is 5. The van der Waals surface area contributed by atoms with Crippen molar-refractivity contribution in [1.29, 1.82) is 0 Å². The minimum Gasteiger partial charge on any atom is -0.368 e. The molecule has 4 N–H and O–H groups in total. The molecule has 1 aliphatic heterocycles. The van der Waals surface area contributed by atoms with E-state index in [-0.39, 0.29) is 11.8 Å². The first-order chi connectivity index (χ1) is 14.0. The molecule has 2 amide bonds. The van der Waals surface area contributed by atoms with Gasteiger partial charge in [0, 0.05) is 43.0 Å². The van der Waals surface area contributed by atoms with Crippen molar-refractivity contribution in [2.24, 2.45) is 11.7 Å². The number of hydrogen-bond donors (Lipinski definition) is 3. The van der Waals surface area contributed by atoms with Crippen LogP contribution in [-0.4, -0.2) is 50.5 Å². The quantitative estimate of drug-likeness (QED) is 0.588. The molecule has 1 fully saturated rings. The number of aromatic nitrogens is 4. The number of nitrogens with two attached hydrogens (primary N) is 1. The first kappa shape index (κ1) is 19.4. The van der Waals surface area contributed by atoms with Crippen LogP contribution in [0.1, 0.15) is 19.3 Å². The molecule has 0 spiro atoms. The van der Waals surface area contributed by atoms with Gasteiger partial charge in [-0.25, -0.2) is 24.1 Å². The number of anilines is 1. The number of halogens is 2. The summed E-state index contributed by atoms with van der Waals surface area (Å²) < 4.78 is 14.2. The zero-order chi connectivity index (χ0) is 20.4. The van der Waals surface area contributed by atoms with Gasteiger partial charge < -0.3 is 20.9 Å². The number of amides is 2. The van der Waals surface area contributed by atoms with Gasteiger partial charge in [-0.2, -0.15) is 0 Å². The third-order valence-corrected chi connectivity index (χ3v) is 5.37. The Hall–Kier alpha value is -2.94. The Balaban J connectivity index is 1.46. The van der Waals surface area contributed by atoms with Crippen molar-refractivity contribution in [1.82, 2.24) is 24.8 Å². The highest BCUT2D eigenvalue weighted by molar-refractivity contribution is 6.31. The Labute approximate surface area is 171 Å². The maximum atomic E-state index is 14.2. The fourth-order valence-corrected chi connectivity index (χ4v) is 3.84. The molecule has 0 saturated carbocycles. The lowest BCUT2D eigenvalue weighted by molar-refractivity contribution is 0.171. The van der Waals surface area contributed by atoms with E-state index >= 15 is 0 Å². The van der Waals surface area contributed by atoms with Crippen LogP contribution in [0.5, 0.6) is 0 Å². The van der Waals surface area contributed by atoms with E-state index in [4.69, 9.17) is 17.3 Å². The number of pyridine rings is 1. The normalized spacial score (nSPS) is 16.9. The van der Waals surface area contributed by atoms with Crippen LogP contribution in [0.4, 0.5) is 15.0 Å². The molecule has 1 saturated heterocycles. The number of aromatic amines is 1. The van der Waals surface area contributed by atoms with E-state index in [9.17, 15) is 9.18 Å². The standard InChI is InChI=1S/C19H21ClFN7O/c20-12-6-13-14(8-25-16(13)24-7-12)17-26-9-15(21)18(27-17)23-4-3-11-2-1-5-28(10-11)19(22)29/h6-9,11H,1-5,10H2,(H2,22,29)(H,24,25)(H,23,26,27). The van der Waals surface area contributed by atoms with Crippen LogP contribution in [0.25, 0.3) is 22.4 Å². The van der Waals surface area contributed by atoms with E-state index in [0.29, 0.717) is 47.6 Å². The van der Waals surface area contributed by atoms with Crippen molar-refractivity contribution in [3.63, 3.8) is 0 Å². The predicted octanol–water partition coefficient (Wildman–Crippen LogP) is 3.41. The van der Waals surface area contributed by atoms with E-state index in [1.54, 1.807) is 23.4 Å². The largest absolute Gasteiger partial charge is 0.368 e. The topological polar surface area (TPSA) is 113 Å². The van der Waals surface area contributed by atoms with E-state index in [1.807, 2.05) is 0 Å². The molecule has 152 valence electrons. The van der Waals surface area contributed by atoms with E-state index in [1.165, 1.54) is 0 Å². The van der Waals surface area contributed by atoms with Crippen molar-refractivity contribution in [3.05, 3.63) is 35.5 Å². The minimum absolute atomic E-state index is 0.141. The Morgan fingerprint density at radius 1 is 1.41 bits per heavy atom. The molecular weight excluding hydrogens is 397 g/mol. The second-order valence-corrected chi connectivity index (χ2v) is 7.59. The number of nitrogens with zero attached hydrogens (tertiary/aromatic N) is 4. The van der Waals surface area contributed by atoms with E-state index in [0.717, 1.165) is 30.8 Å². The maximum Gasteiger partial charge on any atom is 0.314 e. The first-order valence-electron chi connectivity index (χ1n) is 9.45.